The molecule has 0 saturated carbocycles. The van der Waals surface area contributed by atoms with E-state index in [0.29, 0.717) is 19.5 Å². The molecule has 0 unspecified atom stereocenters. The van der Waals surface area contributed by atoms with Gasteiger partial charge in [-0.3, -0.25) is 14.4 Å². The smallest absolute Gasteiger partial charge is 0.308 e. The van der Waals surface area contributed by atoms with E-state index >= 15 is 0 Å². The van der Waals surface area contributed by atoms with Crippen molar-refractivity contribution in [2.24, 2.45) is 0 Å². The van der Waals surface area contributed by atoms with Crippen molar-refractivity contribution >= 4 is 7.60 Å². The van der Waals surface area contributed by atoms with Gasteiger partial charge in [0.2, 0.25) is 0 Å². The van der Waals surface area contributed by atoms with E-state index < -0.39 is 7.60 Å². The summed E-state index contributed by atoms with van der Waals surface area (Å²) in [7, 11) is -2.97. The zero-order chi connectivity index (χ0) is 15.8. The van der Waals surface area contributed by atoms with Gasteiger partial charge in [-0.15, -0.1) is 0 Å². The molecule has 1 aliphatic rings. The van der Waals surface area contributed by atoms with Crippen molar-refractivity contribution in [2.75, 3.05) is 45.7 Å². The van der Waals surface area contributed by atoms with Crippen LogP contribution in [0.3, 0.4) is 0 Å². The Kier molecular flexibility index (Phi) is 7.06. The van der Waals surface area contributed by atoms with Gasteiger partial charge in [-0.05, 0) is 19.4 Å². The lowest BCUT2D eigenvalue weighted by Gasteiger charge is -2.35. The van der Waals surface area contributed by atoms with E-state index in [1.165, 1.54) is 5.56 Å². The predicted octanol–water partition coefficient (Wildman–Crippen LogP) is 3.03. The van der Waals surface area contributed by atoms with Gasteiger partial charge in [0.25, 0.3) is 0 Å². The summed E-state index contributed by atoms with van der Waals surface area (Å²) < 4.78 is 23.3. The van der Waals surface area contributed by atoms with Crippen LogP contribution in [-0.2, 0) is 20.2 Å². The van der Waals surface area contributed by atoms with E-state index in [0.717, 1.165) is 32.7 Å². The van der Waals surface area contributed by atoms with Gasteiger partial charge in [-0.2, -0.15) is 0 Å². The van der Waals surface area contributed by atoms with Crippen molar-refractivity contribution in [2.45, 2.75) is 20.4 Å². The molecule has 0 bridgehead atoms. The molecule has 6 heteroatoms. The average molecular weight is 326 g/mol. The van der Waals surface area contributed by atoms with E-state index in [1.54, 1.807) is 0 Å². The van der Waals surface area contributed by atoms with Gasteiger partial charge in [0, 0.05) is 32.7 Å². The molecule has 0 spiro atoms. The van der Waals surface area contributed by atoms with Crippen molar-refractivity contribution < 1.29 is 13.6 Å². The Morgan fingerprint density at radius 1 is 0.955 bits per heavy atom. The highest BCUT2D eigenvalue weighted by Gasteiger charge is 2.29. The molecule has 0 aromatic heterocycles. The lowest BCUT2D eigenvalue weighted by Crippen LogP contribution is -2.46. The van der Waals surface area contributed by atoms with Gasteiger partial charge in [0.1, 0.15) is 6.29 Å². The minimum absolute atomic E-state index is 0.397. The fourth-order valence-corrected chi connectivity index (χ4v) is 4.49. The lowest BCUT2D eigenvalue weighted by molar-refractivity contribution is 0.127. The molecule has 0 radical (unpaired) electrons. The number of rotatable bonds is 8. The fourth-order valence-electron chi connectivity index (χ4n) is 2.69. The number of hydrogen-bond donors (Lipinski definition) is 0. The number of hydrogen-bond acceptors (Lipinski definition) is 5. The molecule has 1 saturated heterocycles. The molecule has 0 aliphatic carbocycles. The summed E-state index contributed by atoms with van der Waals surface area (Å²) in [6, 6.07) is 10.5. The van der Waals surface area contributed by atoms with Crippen molar-refractivity contribution in [1.29, 1.82) is 0 Å². The van der Waals surface area contributed by atoms with Crippen molar-refractivity contribution in [3.63, 3.8) is 0 Å². The molecule has 1 heterocycles. The quantitative estimate of drug-likeness (QED) is 0.687. The van der Waals surface area contributed by atoms with E-state index in [-0.39, 0.29) is 0 Å². The summed E-state index contributed by atoms with van der Waals surface area (Å²) in [5, 5.41) is 0. The van der Waals surface area contributed by atoms with Crippen LogP contribution in [0.15, 0.2) is 30.3 Å². The van der Waals surface area contributed by atoms with Gasteiger partial charge in [0.15, 0.2) is 0 Å². The molecule has 0 amide bonds. The van der Waals surface area contributed by atoms with Gasteiger partial charge in [-0.1, -0.05) is 30.3 Å². The molecule has 1 fully saturated rings. The normalized spacial score (nSPS) is 17.7. The monoisotopic (exact) mass is 326 g/mol. The maximum atomic E-state index is 12.6. The Bertz CT molecular complexity index is 466. The van der Waals surface area contributed by atoms with E-state index in [9.17, 15) is 4.57 Å². The number of benzene rings is 1. The van der Waals surface area contributed by atoms with Crippen LogP contribution < -0.4 is 0 Å². The largest absolute Gasteiger partial charge is 0.344 e. The van der Waals surface area contributed by atoms with Gasteiger partial charge >= 0.3 is 7.60 Å². The van der Waals surface area contributed by atoms with Crippen LogP contribution in [0.25, 0.3) is 0 Å². The average Bonchev–Trinajstić information content (AvgIpc) is 2.51. The molecule has 5 nitrogen and oxygen atoms in total. The van der Waals surface area contributed by atoms with Gasteiger partial charge in [0.05, 0.1) is 13.2 Å². The Morgan fingerprint density at radius 2 is 1.50 bits per heavy atom. The topological polar surface area (TPSA) is 42.0 Å². The summed E-state index contributed by atoms with van der Waals surface area (Å²) >= 11 is 0. The number of piperazine rings is 1. The van der Waals surface area contributed by atoms with Gasteiger partial charge < -0.3 is 9.05 Å². The first-order valence-electron chi connectivity index (χ1n) is 8.02. The maximum absolute atomic E-state index is 12.6. The predicted molar refractivity (Wildman–Crippen MR) is 89.0 cm³/mol. The second-order valence-corrected chi connectivity index (χ2v) is 7.49. The van der Waals surface area contributed by atoms with Crippen molar-refractivity contribution in [3.8, 4) is 0 Å². The van der Waals surface area contributed by atoms with Crippen LogP contribution in [0.1, 0.15) is 19.4 Å². The number of nitrogens with zero attached hydrogens (tertiary/aromatic N) is 2. The van der Waals surface area contributed by atoms with Crippen LogP contribution in [0, 0.1) is 0 Å². The standard InChI is InChI=1S/C16H27N2O3P/c1-3-20-22(19,21-4-2)15-18-12-10-17(11-13-18)14-16-8-6-5-7-9-16/h5-9H,3-4,10-15H2,1-2H3. The Labute approximate surface area is 133 Å². The van der Waals surface area contributed by atoms with E-state index in [4.69, 9.17) is 9.05 Å². The van der Waals surface area contributed by atoms with Crippen LogP contribution in [0.2, 0.25) is 0 Å². The highest BCUT2D eigenvalue weighted by molar-refractivity contribution is 7.53. The third kappa shape index (κ3) is 5.49. The molecular formula is C16H27N2O3P. The first kappa shape index (κ1) is 17.6. The Hall–Kier alpha value is -0.710. The molecule has 22 heavy (non-hydrogen) atoms. The third-order valence-electron chi connectivity index (χ3n) is 3.74. The summed E-state index contributed by atoms with van der Waals surface area (Å²) in [4.78, 5) is 4.62. The Balaban J connectivity index is 1.80. The lowest BCUT2D eigenvalue weighted by atomic mass is 10.2. The summed E-state index contributed by atoms with van der Waals surface area (Å²) in [5.41, 5.74) is 1.34. The first-order valence-corrected chi connectivity index (χ1v) is 9.75. The zero-order valence-electron chi connectivity index (χ0n) is 13.6. The van der Waals surface area contributed by atoms with E-state index in [2.05, 4.69) is 34.1 Å². The highest BCUT2D eigenvalue weighted by atomic mass is 31.2. The molecule has 2 rings (SSSR count). The van der Waals surface area contributed by atoms with Crippen molar-refractivity contribution in [1.82, 2.24) is 9.80 Å². The second-order valence-electron chi connectivity index (χ2n) is 5.47. The molecule has 1 aromatic rings. The minimum atomic E-state index is -2.97. The second kappa shape index (κ2) is 8.80. The zero-order valence-corrected chi connectivity index (χ0v) is 14.5. The summed E-state index contributed by atoms with van der Waals surface area (Å²) in [6.45, 7) is 9.28. The van der Waals surface area contributed by atoms with Crippen molar-refractivity contribution in [3.05, 3.63) is 35.9 Å². The minimum Gasteiger partial charge on any atom is -0.308 e. The summed E-state index contributed by atoms with van der Waals surface area (Å²) in [6.07, 6.45) is 0.397. The van der Waals surface area contributed by atoms with Crippen LogP contribution in [0.5, 0.6) is 0 Å². The SMILES string of the molecule is CCOP(=O)(CN1CCN(Cc2ccccc2)CC1)OCC. The summed E-state index contributed by atoms with van der Waals surface area (Å²) in [5.74, 6) is 0. The maximum Gasteiger partial charge on any atom is 0.344 e. The molecular weight excluding hydrogens is 299 g/mol. The molecule has 124 valence electrons. The highest BCUT2D eigenvalue weighted by Crippen LogP contribution is 2.48. The fraction of sp³-hybridized carbons (Fsp3) is 0.625. The third-order valence-corrected chi connectivity index (χ3v) is 5.79. The molecule has 0 atom stereocenters. The molecule has 0 N–H and O–H groups in total. The molecule has 1 aliphatic heterocycles. The first-order chi connectivity index (χ1) is 10.6. The van der Waals surface area contributed by atoms with Crippen LogP contribution in [0.4, 0.5) is 0 Å². The van der Waals surface area contributed by atoms with Gasteiger partial charge in [-0.25, -0.2) is 0 Å². The van der Waals surface area contributed by atoms with Crippen LogP contribution in [-0.4, -0.2) is 55.5 Å². The van der Waals surface area contributed by atoms with E-state index in [1.807, 2.05) is 19.9 Å². The van der Waals surface area contributed by atoms with Crippen LogP contribution >= 0.6 is 7.60 Å². The Morgan fingerprint density at radius 3 is 2.05 bits per heavy atom. The molecule has 1 aromatic carbocycles.